The van der Waals surface area contributed by atoms with Crippen molar-refractivity contribution in [1.82, 2.24) is 4.31 Å². The Kier molecular flexibility index (Phi) is 6.64. The van der Waals surface area contributed by atoms with Crippen LogP contribution in [0.15, 0.2) is 47.4 Å². The molecule has 0 unspecified atom stereocenters. The number of aliphatic hydroxyl groups excluding tert-OH is 1. The van der Waals surface area contributed by atoms with Gasteiger partial charge >= 0.3 is 6.18 Å². The quantitative estimate of drug-likeness (QED) is 0.636. The number of alkyl halides is 3. The minimum atomic E-state index is -4.83. The molecule has 1 aliphatic heterocycles. The number of aliphatic hydroxyl groups is 2. The number of sulfonamides is 1. The standard InChI is InChI=1S/C20H23F3N2O4S2/c1-19(27,20(21,22)23)14-6-8-15(9-7-14)25-11-10-24(12-16(25)13-26)31(28,29)18-5-3-2-4-17(18)30/h2-3,5-9,16,26-27H,4,10-13H2,1H3/t16-,19+/m0/s1. The van der Waals surface area contributed by atoms with Crippen molar-refractivity contribution in [2.75, 3.05) is 31.1 Å². The monoisotopic (exact) mass is 476 g/mol. The van der Waals surface area contributed by atoms with Gasteiger partial charge in [0.05, 0.1) is 17.6 Å². The summed E-state index contributed by atoms with van der Waals surface area (Å²) < 4.78 is 66.4. The molecule has 0 amide bonds. The fourth-order valence-electron chi connectivity index (χ4n) is 3.58. The molecule has 1 aromatic carbocycles. The maximum absolute atomic E-state index is 13.1. The number of nitrogens with zero attached hydrogens (tertiary/aromatic N) is 2. The van der Waals surface area contributed by atoms with E-state index < -0.39 is 27.8 Å². The van der Waals surface area contributed by atoms with E-state index in [0.717, 1.165) is 0 Å². The second-order valence-electron chi connectivity index (χ2n) is 7.60. The first-order valence-corrected chi connectivity index (χ1v) is 11.4. The zero-order chi connectivity index (χ0) is 23.0. The van der Waals surface area contributed by atoms with Gasteiger partial charge in [-0.2, -0.15) is 17.5 Å². The lowest BCUT2D eigenvalue weighted by molar-refractivity contribution is -0.258. The summed E-state index contributed by atoms with van der Waals surface area (Å²) in [6.07, 6.45) is 0.422. The van der Waals surface area contributed by atoms with Crippen LogP contribution in [-0.2, 0) is 15.6 Å². The summed E-state index contributed by atoms with van der Waals surface area (Å²) in [6, 6.07) is 4.61. The van der Waals surface area contributed by atoms with Crippen LogP contribution in [0.2, 0.25) is 0 Å². The maximum atomic E-state index is 13.1. The van der Waals surface area contributed by atoms with Crippen molar-refractivity contribution in [3.05, 3.63) is 53.0 Å². The molecular formula is C20H23F3N2O4S2. The zero-order valence-corrected chi connectivity index (χ0v) is 18.3. The number of hydrogen-bond donors (Lipinski definition) is 2. The van der Waals surface area contributed by atoms with Crippen molar-refractivity contribution in [3.8, 4) is 0 Å². The lowest BCUT2D eigenvalue weighted by Gasteiger charge is -2.41. The Balaban J connectivity index is 1.80. The average molecular weight is 477 g/mol. The van der Waals surface area contributed by atoms with E-state index in [2.05, 4.69) is 0 Å². The van der Waals surface area contributed by atoms with Gasteiger partial charge in [-0.05, 0) is 30.7 Å². The molecule has 31 heavy (non-hydrogen) atoms. The number of hydrogen-bond acceptors (Lipinski definition) is 6. The van der Waals surface area contributed by atoms with Gasteiger partial charge in [0.25, 0.3) is 0 Å². The lowest BCUT2D eigenvalue weighted by Crippen LogP contribution is -2.56. The molecule has 0 spiro atoms. The number of anilines is 1. The summed E-state index contributed by atoms with van der Waals surface area (Å²) in [4.78, 5) is 2.15. The molecule has 2 atom stereocenters. The fourth-order valence-corrected chi connectivity index (χ4v) is 5.65. The highest BCUT2D eigenvalue weighted by Crippen LogP contribution is 2.39. The molecule has 6 nitrogen and oxygen atoms in total. The second kappa shape index (κ2) is 8.62. The summed E-state index contributed by atoms with van der Waals surface area (Å²) >= 11 is 5.18. The number of benzene rings is 1. The highest BCUT2D eigenvalue weighted by Gasteiger charge is 2.51. The molecule has 1 aromatic rings. The van der Waals surface area contributed by atoms with Crippen LogP contribution in [0.5, 0.6) is 0 Å². The van der Waals surface area contributed by atoms with Crippen molar-refractivity contribution in [1.29, 1.82) is 0 Å². The lowest BCUT2D eigenvalue weighted by atomic mass is 9.95. The summed E-state index contributed by atoms with van der Waals surface area (Å²) in [5.41, 5.74) is -2.78. The Morgan fingerprint density at radius 2 is 1.84 bits per heavy atom. The Bertz CT molecular complexity index is 1000. The Labute approximate surface area is 184 Å². The van der Waals surface area contributed by atoms with E-state index in [-0.39, 0.29) is 36.7 Å². The van der Waals surface area contributed by atoms with Gasteiger partial charge < -0.3 is 15.1 Å². The topological polar surface area (TPSA) is 81.1 Å². The van der Waals surface area contributed by atoms with E-state index in [1.54, 1.807) is 17.1 Å². The molecule has 1 aliphatic carbocycles. The molecule has 1 fully saturated rings. The molecule has 11 heteroatoms. The van der Waals surface area contributed by atoms with E-state index in [0.29, 0.717) is 23.9 Å². The second-order valence-corrected chi connectivity index (χ2v) is 10.00. The first kappa shape index (κ1) is 23.9. The van der Waals surface area contributed by atoms with Crippen molar-refractivity contribution in [2.24, 2.45) is 0 Å². The van der Waals surface area contributed by atoms with Crippen LogP contribution < -0.4 is 4.90 Å². The van der Waals surface area contributed by atoms with Gasteiger partial charge in [0.2, 0.25) is 10.0 Å². The highest BCUT2D eigenvalue weighted by molar-refractivity contribution is 7.96. The Hall–Kier alpha value is -1.79. The third-order valence-corrected chi connectivity index (χ3v) is 8.01. The van der Waals surface area contributed by atoms with Crippen LogP contribution >= 0.6 is 12.2 Å². The normalized spacial score (nSPS) is 22.9. The highest BCUT2D eigenvalue weighted by atomic mass is 32.2. The molecule has 2 aliphatic rings. The Morgan fingerprint density at radius 1 is 1.19 bits per heavy atom. The van der Waals surface area contributed by atoms with Gasteiger partial charge in [-0.1, -0.05) is 36.5 Å². The van der Waals surface area contributed by atoms with Gasteiger partial charge in [0.1, 0.15) is 0 Å². The first-order valence-electron chi connectivity index (χ1n) is 9.57. The van der Waals surface area contributed by atoms with E-state index in [9.17, 15) is 31.8 Å². The third-order valence-electron chi connectivity index (χ3n) is 5.55. The van der Waals surface area contributed by atoms with Crippen molar-refractivity contribution in [2.45, 2.75) is 31.2 Å². The summed E-state index contributed by atoms with van der Waals surface area (Å²) in [5.74, 6) is 0. The molecule has 1 saturated heterocycles. The largest absolute Gasteiger partial charge is 0.421 e. The zero-order valence-electron chi connectivity index (χ0n) is 16.7. The molecule has 0 radical (unpaired) electrons. The summed E-state index contributed by atoms with van der Waals surface area (Å²) in [7, 11) is -3.82. The molecule has 0 saturated carbocycles. The number of halogens is 3. The first-order chi connectivity index (χ1) is 14.4. The average Bonchev–Trinajstić information content (AvgIpc) is 2.72. The van der Waals surface area contributed by atoms with Gasteiger partial charge in [-0.15, -0.1) is 0 Å². The summed E-state index contributed by atoms with van der Waals surface area (Å²) in [5, 5.41) is 19.7. The van der Waals surface area contributed by atoms with Crippen molar-refractivity contribution >= 4 is 32.8 Å². The van der Waals surface area contributed by atoms with E-state index >= 15 is 0 Å². The molecular weight excluding hydrogens is 453 g/mol. The summed E-state index contributed by atoms with van der Waals surface area (Å²) in [6.45, 7) is 0.698. The molecule has 1 heterocycles. The minimum absolute atomic E-state index is 0.00448. The maximum Gasteiger partial charge on any atom is 0.421 e. The predicted octanol–water partition coefficient (Wildman–Crippen LogP) is 2.48. The minimum Gasteiger partial charge on any atom is -0.394 e. The predicted molar refractivity (Wildman–Crippen MR) is 115 cm³/mol. The van der Waals surface area contributed by atoms with Crippen LogP contribution in [0.4, 0.5) is 18.9 Å². The number of piperazine rings is 1. The molecule has 2 N–H and O–H groups in total. The van der Waals surface area contributed by atoms with Gasteiger partial charge in [-0.3, -0.25) is 0 Å². The van der Waals surface area contributed by atoms with Crippen LogP contribution in [-0.4, -0.2) is 66.3 Å². The number of thiocarbonyl (C=S) groups is 1. The van der Waals surface area contributed by atoms with Gasteiger partial charge in [0.15, 0.2) is 5.60 Å². The van der Waals surface area contributed by atoms with Crippen LogP contribution in [0, 0.1) is 0 Å². The van der Waals surface area contributed by atoms with E-state index in [4.69, 9.17) is 12.2 Å². The molecule has 3 rings (SSSR count). The third kappa shape index (κ3) is 4.56. The van der Waals surface area contributed by atoms with Crippen LogP contribution in [0.25, 0.3) is 0 Å². The van der Waals surface area contributed by atoms with Crippen LogP contribution in [0.3, 0.4) is 0 Å². The SMILES string of the molecule is C[C@@](O)(c1ccc(N2CCN(S(=O)(=O)C3=CC=CCC3=S)C[C@H]2CO)cc1)C(F)(F)F. The van der Waals surface area contributed by atoms with Gasteiger partial charge in [-0.25, -0.2) is 8.42 Å². The fraction of sp³-hybridized carbons (Fsp3) is 0.450. The van der Waals surface area contributed by atoms with Crippen molar-refractivity contribution < 1.29 is 31.8 Å². The Morgan fingerprint density at radius 3 is 2.39 bits per heavy atom. The van der Waals surface area contributed by atoms with E-state index in [1.807, 2.05) is 0 Å². The number of rotatable bonds is 5. The van der Waals surface area contributed by atoms with Crippen LogP contribution in [0.1, 0.15) is 18.9 Å². The van der Waals surface area contributed by atoms with Gasteiger partial charge in [0, 0.05) is 36.6 Å². The van der Waals surface area contributed by atoms with E-state index in [1.165, 1.54) is 34.6 Å². The van der Waals surface area contributed by atoms with Crippen molar-refractivity contribution in [3.63, 3.8) is 0 Å². The molecule has 170 valence electrons. The smallest absolute Gasteiger partial charge is 0.394 e. The molecule has 0 bridgehead atoms. The number of allylic oxidation sites excluding steroid dienone is 4. The molecule has 0 aromatic heterocycles.